The van der Waals surface area contributed by atoms with Gasteiger partial charge in [0.05, 0.1) is 19.4 Å². The molecular formula is C14H17NO2. The molecule has 17 heavy (non-hydrogen) atoms. The Morgan fingerprint density at radius 2 is 1.76 bits per heavy atom. The van der Waals surface area contributed by atoms with E-state index in [2.05, 4.69) is 5.32 Å². The monoisotopic (exact) mass is 231 g/mol. The number of aliphatic hydroxyl groups is 1. The molecular weight excluding hydrogens is 214 g/mol. The topological polar surface area (TPSA) is 45.4 Å². The third-order valence-electron chi connectivity index (χ3n) is 2.79. The lowest BCUT2D eigenvalue weighted by molar-refractivity contribution is 0.282. The number of rotatable bonds is 5. The van der Waals surface area contributed by atoms with Crippen molar-refractivity contribution in [2.45, 2.75) is 26.6 Å². The number of aryl methyl sites for hydroxylation is 1. The van der Waals surface area contributed by atoms with Gasteiger partial charge in [0.1, 0.15) is 5.76 Å². The Morgan fingerprint density at radius 3 is 2.35 bits per heavy atom. The summed E-state index contributed by atoms with van der Waals surface area (Å²) >= 11 is 0. The summed E-state index contributed by atoms with van der Waals surface area (Å²) in [6, 6.07) is 9.89. The van der Waals surface area contributed by atoms with Crippen LogP contribution in [0.25, 0.3) is 0 Å². The van der Waals surface area contributed by atoms with Crippen molar-refractivity contribution < 1.29 is 9.52 Å². The third-order valence-corrected chi connectivity index (χ3v) is 2.79. The number of hydrogen-bond acceptors (Lipinski definition) is 3. The molecule has 0 atom stereocenters. The molecule has 90 valence electrons. The zero-order chi connectivity index (χ0) is 12.1. The van der Waals surface area contributed by atoms with Crippen molar-refractivity contribution in [3.63, 3.8) is 0 Å². The molecule has 3 nitrogen and oxygen atoms in total. The Bertz CT molecular complexity index is 459. The van der Waals surface area contributed by atoms with Crippen LogP contribution < -0.4 is 5.32 Å². The van der Waals surface area contributed by atoms with E-state index in [1.165, 1.54) is 11.1 Å². The van der Waals surface area contributed by atoms with Crippen LogP contribution in [-0.2, 0) is 19.7 Å². The second-order valence-electron chi connectivity index (χ2n) is 4.10. The second kappa shape index (κ2) is 5.66. The molecule has 0 bridgehead atoms. The van der Waals surface area contributed by atoms with Gasteiger partial charge >= 0.3 is 0 Å². The first kappa shape index (κ1) is 11.9. The van der Waals surface area contributed by atoms with Crippen molar-refractivity contribution in [3.8, 4) is 0 Å². The zero-order valence-corrected chi connectivity index (χ0v) is 9.94. The van der Waals surface area contributed by atoms with Crippen molar-refractivity contribution in [2.24, 2.45) is 0 Å². The van der Waals surface area contributed by atoms with E-state index in [-0.39, 0.29) is 6.61 Å². The number of furan rings is 1. The molecule has 0 radical (unpaired) electrons. The van der Waals surface area contributed by atoms with Gasteiger partial charge in [-0.2, -0.15) is 0 Å². The molecule has 0 saturated carbocycles. The van der Waals surface area contributed by atoms with Gasteiger partial charge in [0.15, 0.2) is 0 Å². The first-order valence-electron chi connectivity index (χ1n) is 5.72. The SMILES string of the molecule is Cc1ccoc1CNCc1ccc(CO)cc1. The van der Waals surface area contributed by atoms with Crippen LogP contribution in [0.3, 0.4) is 0 Å². The van der Waals surface area contributed by atoms with Crippen LogP contribution in [0, 0.1) is 6.92 Å². The second-order valence-corrected chi connectivity index (χ2v) is 4.10. The van der Waals surface area contributed by atoms with Crippen LogP contribution in [0.4, 0.5) is 0 Å². The fraction of sp³-hybridized carbons (Fsp3) is 0.286. The lowest BCUT2D eigenvalue weighted by Gasteiger charge is -2.04. The summed E-state index contributed by atoms with van der Waals surface area (Å²) in [5, 5.41) is 12.3. The summed E-state index contributed by atoms with van der Waals surface area (Å²) in [6.45, 7) is 3.67. The molecule has 1 aromatic carbocycles. The van der Waals surface area contributed by atoms with Crippen molar-refractivity contribution >= 4 is 0 Å². The minimum Gasteiger partial charge on any atom is -0.468 e. The first-order valence-corrected chi connectivity index (χ1v) is 5.72. The first-order chi connectivity index (χ1) is 8.29. The van der Waals surface area contributed by atoms with Crippen LogP contribution in [-0.4, -0.2) is 5.11 Å². The van der Waals surface area contributed by atoms with Crippen molar-refractivity contribution in [3.05, 3.63) is 59.0 Å². The Morgan fingerprint density at radius 1 is 1.06 bits per heavy atom. The molecule has 0 aliphatic carbocycles. The van der Waals surface area contributed by atoms with Gasteiger partial charge in [-0.25, -0.2) is 0 Å². The number of hydrogen-bond donors (Lipinski definition) is 2. The predicted octanol–water partition coefficient (Wildman–Crippen LogP) is 2.37. The summed E-state index contributed by atoms with van der Waals surface area (Å²) in [5.74, 6) is 0.983. The van der Waals surface area contributed by atoms with Gasteiger partial charge in [0.2, 0.25) is 0 Å². The summed E-state index contributed by atoms with van der Waals surface area (Å²) in [6.07, 6.45) is 1.71. The summed E-state index contributed by atoms with van der Waals surface area (Å²) in [4.78, 5) is 0. The minimum atomic E-state index is 0.0965. The van der Waals surface area contributed by atoms with E-state index in [1.807, 2.05) is 37.3 Å². The Labute approximate surface area is 101 Å². The van der Waals surface area contributed by atoms with Crippen LogP contribution >= 0.6 is 0 Å². The Balaban J connectivity index is 1.83. The van der Waals surface area contributed by atoms with E-state index >= 15 is 0 Å². The van der Waals surface area contributed by atoms with Crippen molar-refractivity contribution in [1.82, 2.24) is 5.32 Å². The molecule has 0 unspecified atom stereocenters. The van der Waals surface area contributed by atoms with Gasteiger partial charge in [-0.1, -0.05) is 24.3 Å². The molecule has 2 aromatic rings. The van der Waals surface area contributed by atoms with Gasteiger partial charge in [-0.15, -0.1) is 0 Å². The highest BCUT2D eigenvalue weighted by molar-refractivity contribution is 5.22. The summed E-state index contributed by atoms with van der Waals surface area (Å²) < 4.78 is 5.34. The molecule has 2 N–H and O–H groups in total. The minimum absolute atomic E-state index is 0.0965. The lowest BCUT2D eigenvalue weighted by Crippen LogP contribution is -2.12. The van der Waals surface area contributed by atoms with E-state index in [1.54, 1.807) is 6.26 Å². The molecule has 3 heteroatoms. The van der Waals surface area contributed by atoms with Gasteiger partial charge < -0.3 is 14.8 Å². The van der Waals surface area contributed by atoms with Crippen molar-refractivity contribution in [2.75, 3.05) is 0 Å². The average Bonchev–Trinajstić information content (AvgIpc) is 2.76. The number of benzene rings is 1. The van der Waals surface area contributed by atoms with Crippen LogP contribution in [0.15, 0.2) is 41.0 Å². The van der Waals surface area contributed by atoms with Gasteiger partial charge in [-0.05, 0) is 29.7 Å². The van der Waals surface area contributed by atoms with Crippen LogP contribution in [0.1, 0.15) is 22.5 Å². The maximum atomic E-state index is 8.93. The normalized spacial score (nSPS) is 10.7. The zero-order valence-electron chi connectivity index (χ0n) is 9.94. The van der Waals surface area contributed by atoms with E-state index in [9.17, 15) is 0 Å². The highest BCUT2D eigenvalue weighted by atomic mass is 16.3. The highest BCUT2D eigenvalue weighted by Gasteiger charge is 2.00. The van der Waals surface area contributed by atoms with E-state index < -0.39 is 0 Å². The van der Waals surface area contributed by atoms with Gasteiger partial charge in [0.25, 0.3) is 0 Å². The van der Waals surface area contributed by atoms with Crippen LogP contribution in [0.2, 0.25) is 0 Å². The number of aliphatic hydroxyl groups excluding tert-OH is 1. The van der Waals surface area contributed by atoms with E-state index in [4.69, 9.17) is 9.52 Å². The Kier molecular flexibility index (Phi) is 3.96. The highest BCUT2D eigenvalue weighted by Crippen LogP contribution is 2.09. The maximum absolute atomic E-state index is 8.93. The molecule has 0 spiro atoms. The maximum Gasteiger partial charge on any atom is 0.120 e. The fourth-order valence-corrected chi connectivity index (χ4v) is 1.67. The fourth-order valence-electron chi connectivity index (χ4n) is 1.67. The van der Waals surface area contributed by atoms with Gasteiger partial charge in [-0.3, -0.25) is 0 Å². The van der Waals surface area contributed by atoms with E-state index in [0.29, 0.717) is 0 Å². The lowest BCUT2D eigenvalue weighted by atomic mass is 10.1. The number of nitrogens with one attached hydrogen (secondary N) is 1. The summed E-state index contributed by atoms with van der Waals surface area (Å²) in [5.41, 5.74) is 3.31. The van der Waals surface area contributed by atoms with Crippen LogP contribution in [0.5, 0.6) is 0 Å². The molecule has 0 fully saturated rings. The smallest absolute Gasteiger partial charge is 0.120 e. The predicted molar refractivity (Wildman–Crippen MR) is 66.4 cm³/mol. The molecule has 0 aliphatic heterocycles. The molecule has 2 rings (SSSR count). The standard InChI is InChI=1S/C14H17NO2/c1-11-6-7-17-14(11)9-15-8-12-2-4-13(10-16)5-3-12/h2-7,15-16H,8-10H2,1H3. The molecule has 0 aliphatic rings. The molecule has 1 heterocycles. The average molecular weight is 231 g/mol. The van der Waals surface area contributed by atoms with Gasteiger partial charge in [0, 0.05) is 6.54 Å². The van der Waals surface area contributed by atoms with Crippen molar-refractivity contribution in [1.29, 1.82) is 0 Å². The third kappa shape index (κ3) is 3.19. The summed E-state index contributed by atoms with van der Waals surface area (Å²) in [7, 11) is 0. The Hall–Kier alpha value is -1.58. The molecule has 1 aromatic heterocycles. The molecule has 0 amide bonds. The molecule has 0 saturated heterocycles. The largest absolute Gasteiger partial charge is 0.468 e. The quantitative estimate of drug-likeness (QED) is 0.830. The van der Waals surface area contributed by atoms with E-state index in [0.717, 1.165) is 24.4 Å².